The summed E-state index contributed by atoms with van der Waals surface area (Å²) >= 11 is 0. The van der Waals surface area contributed by atoms with Crippen LogP contribution in [0.25, 0.3) is 16.9 Å². The van der Waals surface area contributed by atoms with Crippen molar-refractivity contribution in [3.05, 3.63) is 77.5 Å². The van der Waals surface area contributed by atoms with Gasteiger partial charge in [-0.25, -0.2) is 4.98 Å². The predicted molar refractivity (Wildman–Crippen MR) is 111 cm³/mol. The van der Waals surface area contributed by atoms with Crippen molar-refractivity contribution in [1.29, 1.82) is 0 Å². The standard InChI is InChI=1S/C23H21N3O4/c1-15-19(12-22(27)29-2)23(28)26-21(24-15)13-20(25-26)17-9-6-10-18(11-17)30-14-16-7-4-3-5-8-16/h3-11,13,28H,12,14H2,1-2H3. The first-order valence-corrected chi connectivity index (χ1v) is 9.47. The first kappa shape index (κ1) is 19.4. The highest BCUT2D eigenvalue weighted by molar-refractivity contribution is 5.74. The predicted octanol–water partition coefficient (Wildman–Crippen LogP) is 3.70. The van der Waals surface area contributed by atoms with E-state index in [9.17, 15) is 9.90 Å². The van der Waals surface area contributed by atoms with Crippen molar-refractivity contribution in [3.8, 4) is 22.9 Å². The number of aromatic nitrogens is 3. The van der Waals surface area contributed by atoms with Crippen molar-refractivity contribution >= 4 is 11.6 Å². The van der Waals surface area contributed by atoms with Crippen LogP contribution < -0.4 is 4.74 Å². The summed E-state index contributed by atoms with van der Waals surface area (Å²) in [6, 6.07) is 19.3. The van der Waals surface area contributed by atoms with Crippen LogP contribution in [0.2, 0.25) is 0 Å². The molecule has 2 aromatic heterocycles. The van der Waals surface area contributed by atoms with Crippen LogP contribution in [0.4, 0.5) is 0 Å². The summed E-state index contributed by atoms with van der Waals surface area (Å²) in [6.07, 6.45) is -0.0743. The molecule has 0 amide bonds. The molecule has 30 heavy (non-hydrogen) atoms. The highest BCUT2D eigenvalue weighted by Crippen LogP contribution is 2.28. The number of methoxy groups -OCH3 is 1. The van der Waals surface area contributed by atoms with Crippen LogP contribution in [0.5, 0.6) is 11.6 Å². The number of carbonyl (C=O) groups excluding carboxylic acids is 1. The lowest BCUT2D eigenvalue weighted by Crippen LogP contribution is -2.09. The van der Waals surface area contributed by atoms with Crippen LogP contribution in [-0.2, 0) is 22.6 Å². The molecular formula is C23H21N3O4. The molecule has 7 heteroatoms. The van der Waals surface area contributed by atoms with E-state index in [0.29, 0.717) is 35.0 Å². The SMILES string of the molecule is COC(=O)Cc1c(C)nc2cc(-c3cccc(OCc4ccccc4)c3)nn2c1O. The summed E-state index contributed by atoms with van der Waals surface area (Å²) in [7, 11) is 1.31. The second-order valence-corrected chi connectivity index (χ2v) is 6.85. The van der Waals surface area contributed by atoms with Crippen molar-refractivity contribution in [1.82, 2.24) is 14.6 Å². The molecule has 0 unspecified atom stereocenters. The molecule has 0 aliphatic rings. The fourth-order valence-electron chi connectivity index (χ4n) is 3.19. The van der Waals surface area contributed by atoms with E-state index in [4.69, 9.17) is 9.47 Å². The van der Waals surface area contributed by atoms with Crippen molar-refractivity contribution in [2.75, 3.05) is 7.11 Å². The summed E-state index contributed by atoms with van der Waals surface area (Å²) in [6.45, 7) is 2.20. The van der Waals surface area contributed by atoms with E-state index in [1.54, 1.807) is 13.0 Å². The van der Waals surface area contributed by atoms with Gasteiger partial charge in [-0.3, -0.25) is 4.79 Å². The number of fused-ring (bicyclic) bond motifs is 1. The summed E-state index contributed by atoms with van der Waals surface area (Å²) in [5, 5.41) is 15.1. The minimum atomic E-state index is -0.454. The molecule has 4 rings (SSSR count). The molecule has 1 N–H and O–H groups in total. The highest BCUT2D eigenvalue weighted by atomic mass is 16.5. The number of aryl methyl sites for hydroxylation is 1. The number of hydrogen-bond acceptors (Lipinski definition) is 6. The van der Waals surface area contributed by atoms with Gasteiger partial charge in [-0.1, -0.05) is 42.5 Å². The van der Waals surface area contributed by atoms with Gasteiger partial charge < -0.3 is 14.6 Å². The second-order valence-electron chi connectivity index (χ2n) is 6.85. The van der Waals surface area contributed by atoms with Gasteiger partial charge in [0.25, 0.3) is 0 Å². The smallest absolute Gasteiger partial charge is 0.310 e. The van der Waals surface area contributed by atoms with E-state index in [2.05, 4.69) is 10.1 Å². The maximum absolute atomic E-state index is 11.6. The van der Waals surface area contributed by atoms with E-state index in [0.717, 1.165) is 11.1 Å². The lowest BCUT2D eigenvalue weighted by atomic mass is 10.1. The zero-order chi connectivity index (χ0) is 21.1. The summed E-state index contributed by atoms with van der Waals surface area (Å²) in [4.78, 5) is 16.1. The van der Waals surface area contributed by atoms with Crippen LogP contribution in [0.15, 0.2) is 60.7 Å². The molecular weight excluding hydrogens is 382 g/mol. The molecule has 0 saturated heterocycles. The Morgan fingerprint density at radius 2 is 1.90 bits per heavy atom. The molecule has 0 aliphatic carbocycles. The molecule has 0 aliphatic heterocycles. The summed E-state index contributed by atoms with van der Waals surface area (Å²) in [5.41, 5.74) is 3.98. The van der Waals surface area contributed by atoms with Crippen molar-refractivity contribution in [2.45, 2.75) is 20.0 Å². The molecule has 2 aromatic carbocycles. The Kier molecular flexibility index (Phi) is 5.34. The Hall–Kier alpha value is -3.87. The van der Waals surface area contributed by atoms with Gasteiger partial charge in [-0.2, -0.15) is 9.61 Å². The maximum atomic E-state index is 11.6. The van der Waals surface area contributed by atoms with Gasteiger partial charge in [0.15, 0.2) is 5.65 Å². The number of aromatic hydroxyl groups is 1. The maximum Gasteiger partial charge on any atom is 0.310 e. The van der Waals surface area contributed by atoms with Crippen LogP contribution in [-0.4, -0.2) is 32.8 Å². The topological polar surface area (TPSA) is 86.0 Å². The molecule has 0 saturated carbocycles. The van der Waals surface area contributed by atoms with E-state index in [-0.39, 0.29) is 12.3 Å². The average Bonchev–Trinajstić information content (AvgIpc) is 3.20. The van der Waals surface area contributed by atoms with Gasteiger partial charge in [-0.05, 0) is 24.6 Å². The van der Waals surface area contributed by atoms with Gasteiger partial charge in [0.1, 0.15) is 12.4 Å². The van der Waals surface area contributed by atoms with Gasteiger partial charge >= 0.3 is 5.97 Å². The zero-order valence-corrected chi connectivity index (χ0v) is 16.7. The van der Waals surface area contributed by atoms with Gasteiger partial charge in [0, 0.05) is 22.9 Å². The largest absolute Gasteiger partial charge is 0.493 e. The van der Waals surface area contributed by atoms with Crippen LogP contribution >= 0.6 is 0 Å². The lowest BCUT2D eigenvalue weighted by molar-refractivity contribution is -0.139. The first-order chi connectivity index (χ1) is 14.5. The Morgan fingerprint density at radius 1 is 1.10 bits per heavy atom. The molecule has 0 fully saturated rings. The molecule has 152 valence electrons. The number of carbonyl (C=O) groups is 1. The minimum absolute atomic E-state index is 0.0743. The molecule has 0 radical (unpaired) electrons. The quantitative estimate of drug-likeness (QED) is 0.494. The molecule has 4 aromatic rings. The third-order valence-electron chi connectivity index (χ3n) is 4.81. The molecule has 7 nitrogen and oxygen atoms in total. The molecule has 2 heterocycles. The second kappa shape index (κ2) is 8.24. The van der Waals surface area contributed by atoms with Gasteiger partial charge in [-0.15, -0.1) is 0 Å². The summed E-state index contributed by atoms with van der Waals surface area (Å²) in [5.74, 6) is 0.143. The zero-order valence-electron chi connectivity index (χ0n) is 16.7. The van der Waals surface area contributed by atoms with Crippen molar-refractivity contribution in [2.24, 2.45) is 0 Å². The molecule has 0 spiro atoms. The Labute approximate surface area is 173 Å². The van der Waals surface area contributed by atoms with Crippen LogP contribution in [0, 0.1) is 6.92 Å². The number of nitrogens with zero attached hydrogens (tertiary/aromatic N) is 3. The Balaban J connectivity index is 1.63. The van der Waals surface area contributed by atoms with Crippen molar-refractivity contribution < 1.29 is 19.4 Å². The summed E-state index contributed by atoms with van der Waals surface area (Å²) < 4.78 is 11.9. The van der Waals surface area contributed by atoms with E-state index < -0.39 is 5.97 Å². The minimum Gasteiger partial charge on any atom is -0.493 e. The van der Waals surface area contributed by atoms with Crippen molar-refractivity contribution in [3.63, 3.8) is 0 Å². The van der Waals surface area contributed by atoms with Crippen LogP contribution in [0.1, 0.15) is 16.8 Å². The van der Waals surface area contributed by atoms with E-state index in [1.807, 2.05) is 54.6 Å². The normalized spacial score (nSPS) is 10.9. The van der Waals surface area contributed by atoms with Gasteiger partial charge in [0.05, 0.1) is 19.2 Å². The lowest BCUT2D eigenvalue weighted by Gasteiger charge is -2.08. The number of rotatable bonds is 6. The van der Waals surface area contributed by atoms with Gasteiger partial charge in [0.2, 0.25) is 5.88 Å². The van der Waals surface area contributed by atoms with Crippen LogP contribution in [0.3, 0.4) is 0 Å². The van der Waals surface area contributed by atoms with E-state index in [1.165, 1.54) is 11.6 Å². The number of ether oxygens (including phenoxy) is 2. The first-order valence-electron chi connectivity index (χ1n) is 9.47. The highest BCUT2D eigenvalue weighted by Gasteiger charge is 2.18. The molecule has 0 atom stereocenters. The third-order valence-corrected chi connectivity index (χ3v) is 4.81. The average molecular weight is 403 g/mol. The third kappa shape index (κ3) is 3.96. The fourth-order valence-corrected chi connectivity index (χ4v) is 3.19. The monoisotopic (exact) mass is 403 g/mol. The molecule has 0 bridgehead atoms. The fraction of sp³-hybridized carbons (Fsp3) is 0.174. The Bertz CT molecular complexity index is 1200. The number of hydrogen-bond donors (Lipinski definition) is 1. The number of benzene rings is 2. The van der Waals surface area contributed by atoms with E-state index >= 15 is 0 Å². The number of esters is 1. The Morgan fingerprint density at radius 3 is 2.67 bits per heavy atom.